The molecule has 1 aliphatic rings. The van der Waals surface area contributed by atoms with E-state index in [9.17, 15) is 9.59 Å². The van der Waals surface area contributed by atoms with Gasteiger partial charge in [0.1, 0.15) is 0 Å². The topological polar surface area (TPSA) is 82.1 Å². The number of benzene rings is 2. The van der Waals surface area contributed by atoms with Crippen LogP contribution in [0.15, 0.2) is 54.7 Å². The third-order valence-corrected chi connectivity index (χ3v) is 6.93. The summed E-state index contributed by atoms with van der Waals surface area (Å²) in [7, 11) is 3.56. The maximum atomic E-state index is 13.3. The summed E-state index contributed by atoms with van der Waals surface area (Å²) in [6.07, 6.45) is 4.58. The fraction of sp³-hybridized carbons (Fsp3) is 0.259. The van der Waals surface area contributed by atoms with Crippen LogP contribution in [0.5, 0.6) is 0 Å². The van der Waals surface area contributed by atoms with Crippen molar-refractivity contribution in [3.8, 4) is 0 Å². The van der Waals surface area contributed by atoms with Crippen molar-refractivity contribution in [2.45, 2.75) is 19.4 Å². The molecule has 0 bridgehead atoms. The second-order valence-electron chi connectivity index (χ2n) is 8.74. The predicted molar refractivity (Wildman–Crippen MR) is 133 cm³/mol. The number of aryl methyl sites for hydroxylation is 2. The molecule has 0 fully saturated rings. The minimum atomic E-state index is -0.274. The number of allylic oxidation sites excluding steroid dienone is 1. The molecule has 0 saturated heterocycles. The van der Waals surface area contributed by atoms with E-state index in [1.54, 1.807) is 7.05 Å². The summed E-state index contributed by atoms with van der Waals surface area (Å²) in [4.78, 5) is 26.1. The molecule has 5 rings (SSSR count). The van der Waals surface area contributed by atoms with Crippen LogP contribution in [-0.2, 0) is 29.6 Å². The Bertz CT molecular complexity index is 1420. The number of hydrogen-bond acceptors (Lipinski definition) is 3. The Balaban J connectivity index is 1.88. The number of nitrogens with one attached hydrogen (secondary N) is 1. The molecule has 0 aliphatic carbocycles. The summed E-state index contributed by atoms with van der Waals surface area (Å²) >= 11 is 0. The number of para-hydroxylation sites is 2. The van der Waals surface area contributed by atoms with Crippen molar-refractivity contribution in [3.63, 3.8) is 0 Å². The first-order valence-corrected chi connectivity index (χ1v) is 11.4. The van der Waals surface area contributed by atoms with Crippen molar-refractivity contribution in [1.29, 1.82) is 0 Å². The molecule has 6 heteroatoms. The Labute approximate surface area is 192 Å². The van der Waals surface area contributed by atoms with E-state index in [4.69, 9.17) is 5.73 Å². The maximum Gasteiger partial charge on any atom is 0.252 e. The Morgan fingerprint density at radius 3 is 2.52 bits per heavy atom. The van der Waals surface area contributed by atoms with Gasteiger partial charge in [-0.3, -0.25) is 9.59 Å². The lowest BCUT2D eigenvalue weighted by Gasteiger charge is -2.25. The number of aromatic nitrogens is 2. The van der Waals surface area contributed by atoms with E-state index in [0.717, 1.165) is 64.3 Å². The highest BCUT2D eigenvalue weighted by molar-refractivity contribution is 6.38. The van der Waals surface area contributed by atoms with Crippen molar-refractivity contribution in [2.24, 2.45) is 18.7 Å². The van der Waals surface area contributed by atoms with Crippen molar-refractivity contribution in [3.05, 3.63) is 71.5 Å². The van der Waals surface area contributed by atoms with Crippen molar-refractivity contribution < 1.29 is 9.59 Å². The number of likely N-dealkylation sites (N-methyl/N-ethyl adjacent to an activating group) is 1. The summed E-state index contributed by atoms with van der Waals surface area (Å²) in [6.45, 7) is 1.46. The van der Waals surface area contributed by atoms with Gasteiger partial charge in [0, 0.05) is 71.0 Å². The van der Waals surface area contributed by atoms with Crippen molar-refractivity contribution in [1.82, 2.24) is 14.5 Å². The van der Waals surface area contributed by atoms with E-state index in [1.807, 2.05) is 60.3 Å². The molecular weight excluding hydrogens is 412 g/mol. The summed E-state index contributed by atoms with van der Waals surface area (Å²) in [5.74, 6) is 0.0816. The molecule has 1 amide bonds. The van der Waals surface area contributed by atoms with E-state index in [1.165, 1.54) is 0 Å². The molecule has 0 spiro atoms. The third kappa shape index (κ3) is 3.29. The summed E-state index contributed by atoms with van der Waals surface area (Å²) in [5.41, 5.74) is 11.7. The van der Waals surface area contributed by atoms with Gasteiger partial charge in [-0.1, -0.05) is 36.4 Å². The van der Waals surface area contributed by atoms with Gasteiger partial charge in [-0.15, -0.1) is 0 Å². The second kappa shape index (κ2) is 8.37. The van der Waals surface area contributed by atoms with E-state index in [-0.39, 0.29) is 5.91 Å². The molecule has 33 heavy (non-hydrogen) atoms. The SMILES string of the molecule is CNC(=O)/C(=C(\C=O)c1c2n(c3ccccc13)CCC(CN)C2)c1cn(C)c2ccccc12. The van der Waals surface area contributed by atoms with Gasteiger partial charge in [0.15, 0.2) is 6.29 Å². The van der Waals surface area contributed by atoms with Crippen LogP contribution in [0.1, 0.15) is 23.2 Å². The van der Waals surface area contributed by atoms with Gasteiger partial charge in [-0.25, -0.2) is 0 Å². The fourth-order valence-electron chi connectivity index (χ4n) is 5.31. The number of fused-ring (bicyclic) bond motifs is 4. The van der Waals surface area contributed by atoms with Gasteiger partial charge >= 0.3 is 0 Å². The van der Waals surface area contributed by atoms with Gasteiger partial charge in [0.05, 0.1) is 5.57 Å². The van der Waals surface area contributed by atoms with E-state index in [2.05, 4.69) is 16.0 Å². The molecule has 0 radical (unpaired) electrons. The Kier molecular flexibility index (Phi) is 5.38. The zero-order valence-electron chi connectivity index (χ0n) is 19.0. The number of carbonyl (C=O) groups is 2. The highest BCUT2D eigenvalue weighted by Gasteiger charge is 2.29. The van der Waals surface area contributed by atoms with Crippen LogP contribution in [0.2, 0.25) is 0 Å². The average Bonchev–Trinajstić information content (AvgIpc) is 3.36. The molecule has 3 N–H and O–H groups in total. The molecule has 4 aromatic rings. The van der Waals surface area contributed by atoms with E-state index < -0.39 is 0 Å². The van der Waals surface area contributed by atoms with E-state index in [0.29, 0.717) is 23.6 Å². The molecule has 0 saturated carbocycles. The number of amides is 1. The molecule has 1 atom stereocenters. The van der Waals surface area contributed by atoms with Crippen LogP contribution >= 0.6 is 0 Å². The van der Waals surface area contributed by atoms with Gasteiger partial charge in [-0.05, 0) is 37.4 Å². The van der Waals surface area contributed by atoms with Gasteiger partial charge in [0.25, 0.3) is 5.91 Å². The molecule has 1 aliphatic heterocycles. The lowest BCUT2D eigenvalue weighted by molar-refractivity contribution is -0.115. The molecule has 2 aromatic heterocycles. The van der Waals surface area contributed by atoms with Crippen LogP contribution in [0.3, 0.4) is 0 Å². The standard InChI is InChI=1S/C27H28N4O2/c1-29-27(33)26(20-15-30(2)22-9-5-3-7-18(20)22)21(16-32)25-19-8-4-6-10-23(19)31-12-11-17(14-28)13-24(25)31/h3-10,15-17H,11-14,28H2,1-2H3,(H,29,33)/b26-21+. The zero-order valence-corrected chi connectivity index (χ0v) is 19.0. The first-order valence-electron chi connectivity index (χ1n) is 11.4. The fourth-order valence-corrected chi connectivity index (χ4v) is 5.31. The van der Waals surface area contributed by atoms with Gasteiger partial charge in [-0.2, -0.15) is 0 Å². The minimum Gasteiger partial charge on any atom is -0.355 e. The lowest BCUT2D eigenvalue weighted by atomic mass is 9.88. The quantitative estimate of drug-likeness (QED) is 0.368. The molecule has 3 heterocycles. The second-order valence-corrected chi connectivity index (χ2v) is 8.74. The normalized spacial score (nSPS) is 16.5. The zero-order chi connectivity index (χ0) is 23.1. The molecule has 2 aromatic carbocycles. The number of carbonyl (C=O) groups excluding carboxylic acids is 2. The summed E-state index contributed by atoms with van der Waals surface area (Å²) in [6, 6.07) is 16.1. The number of aldehydes is 1. The largest absolute Gasteiger partial charge is 0.355 e. The maximum absolute atomic E-state index is 13.3. The molecule has 6 nitrogen and oxygen atoms in total. The molecule has 1 unspecified atom stereocenters. The van der Waals surface area contributed by atoms with Crippen LogP contribution in [0.25, 0.3) is 33.0 Å². The van der Waals surface area contributed by atoms with E-state index >= 15 is 0 Å². The highest BCUT2D eigenvalue weighted by Crippen LogP contribution is 2.40. The number of hydrogen-bond donors (Lipinski definition) is 2. The number of rotatable bonds is 5. The number of nitrogens with two attached hydrogens (primary N) is 1. The van der Waals surface area contributed by atoms with Crippen LogP contribution in [-0.4, -0.2) is 34.9 Å². The first-order chi connectivity index (χ1) is 16.1. The van der Waals surface area contributed by atoms with Crippen molar-refractivity contribution in [2.75, 3.05) is 13.6 Å². The summed E-state index contributed by atoms with van der Waals surface area (Å²) < 4.78 is 4.29. The molecule has 168 valence electrons. The van der Waals surface area contributed by atoms with Crippen LogP contribution < -0.4 is 11.1 Å². The summed E-state index contributed by atoms with van der Waals surface area (Å²) in [5, 5.41) is 4.70. The highest BCUT2D eigenvalue weighted by atomic mass is 16.1. The smallest absolute Gasteiger partial charge is 0.252 e. The molecular formula is C27H28N4O2. The average molecular weight is 441 g/mol. The monoisotopic (exact) mass is 440 g/mol. The predicted octanol–water partition coefficient (Wildman–Crippen LogP) is 3.51. The Morgan fingerprint density at radius 2 is 1.82 bits per heavy atom. The third-order valence-electron chi connectivity index (χ3n) is 6.93. The van der Waals surface area contributed by atoms with Crippen LogP contribution in [0, 0.1) is 5.92 Å². The van der Waals surface area contributed by atoms with Gasteiger partial charge < -0.3 is 20.2 Å². The van der Waals surface area contributed by atoms with Crippen LogP contribution in [0.4, 0.5) is 0 Å². The first kappa shape index (κ1) is 21.2. The Hall–Kier alpha value is -3.64. The lowest BCUT2D eigenvalue weighted by Crippen LogP contribution is -2.26. The number of nitrogens with zero attached hydrogens (tertiary/aromatic N) is 2. The van der Waals surface area contributed by atoms with Crippen molar-refractivity contribution >= 4 is 45.1 Å². The van der Waals surface area contributed by atoms with Gasteiger partial charge in [0.2, 0.25) is 0 Å². The minimum absolute atomic E-state index is 0.274. The Morgan fingerprint density at radius 1 is 1.12 bits per heavy atom.